The van der Waals surface area contributed by atoms with Crippen molar-refractivity contribution < 1.29 is 58.6 Å². The van der Waals surface area contributed by atoms with Gasteiger partial charge >= 0.3 is 0 Å². The Morgan fingerprint density at radius 2 is 0.597 bits per heavy atom. The van der Waals surface area contributed by atoms with Crippen molar-refractivity contribution in [3.8, 4) is 0 Å². The second-order valence-corrected chi connectivity index (χ2v) is 14.0. The summed E-state index contributed by atoms with van der Waals surface area (Å²) >= 11 is 0. The summed E-state index contributed by atoms with van der Waals surface area (Å²) in [6, 6.07) is 20.9. The van der Waals surface area contributed by atoms with Crippen LogP contribution in [0, 0.1) is 0 Å². The van der Waals surface area contributed by atoms with Gasteiger partial charge in [0.05, 0.1) is 88.3 Å². The molecule has 6 rings (SSSR count). The number of anilines is 4. The van der Waals surface area contributed by atoms with Crippen LogP contribution in [-0.4, -0.2) is 149 Å². The quantitative estimate of drug-likeness (QED) is 0.0365. The highest BCUT2D eigenvalue weighted by atomic mass is 16.5. The van der Waals surface area contributed by atoms with E-state index < -0.39 is 0 Å². The Morgan fingerprint density at radius 3 is 0.871 bits per heavy atom. The second kappa shape index (κ2) is 25.4. The van der Waals surface area contributed by atoms with Crippen LogP contribution in [0.15, 0.2) is 72.8 Å². The van der Waals surface area contributed by atoms with Gasteiger partial charge in [-0.15, -0.1) is 0 Å². The van der Waals surface area contributed by atoms with Crippen LogP contribution < -0.4 is 21.3 Å². The normalized spacial score (nSPS) is 12.5. The van der Waals surface area contributed by atoms with E-state index in [9.17, 15) is 19.2 Å². The van der Waals surface area contributed by atoms with Crippen LogP contribution in [0.1, 0.15) is 76.5 Å². The van der Waals surface area contributed by atoms with Gasteiger partial charge in [0.1, 0.15) is 0 Å². The molecule has 0 saturated heterocycles. The summed E-state index contributed by atoms with van der Waals surface area (Å²) in [4.78, 5) is 53.1. The SMILES string of the molecule is O=C1c2ccccc2C(=O)c2c(NCCCOCCO)ccc(NCCCOCCO)c21.O=C1c2ccccc2C(=O)c2c(NCCOCCO)ccc(NCCOCCO)c21. The Kier molecular flexibility index (Phi) is 19.4. The Hall–Kier alpha value is -5.56. The van der Waals surface area contributed by atoms with Gasteiger partial charge in [0.25, 0.3) is 0 Å². The summed E-state index contributed by atoms with van der Waals surface area (Å²) in [6.45, 7) is 4.62. The number of ketones is 4. The number of fused-ring (bicyclic) bond motifs is 4. The maximum Gasteiger partial charge on any atom is 0.196 e. The Bertz CT molecular complexity index is 1980. The third-order valence-electron chi connectivity index (χ3n) is 9.78. The van der Waals surface area contributed by atoms with Crippen LogP contribution in [0.2, 0.25) is 0 Å². The fraction of sp³-hybridized carbons (Fsp3) is 0.391. The number of nitrogens with one attached hydrogen (secondary N) is 4. The highest BCUT2D eigenvalue weighted by Crippen LogP contribution is 2.38. The number of hydrogen-bond donors (Lipinski definition) is 8. The molecule has 0 unspecified atom stereocenters. The predicted octanol–water partition coefficient (Wildman–Crippen LogP) is 3.39. The summed E-state index contributed by atoms with van der Waals surface area (Å²) in [5.74, 6) is -0.772. The zero-order valence-electron chi connectivity index (χ0n) is 34.7. The molecule has 0 amide bonds. The number of aliphatic hydroxyl groups excluding tert-OH is 4. The van der Waals surface area contributed by atoms with Crippen LogP contribution in [-0.2, 0) is 18.9 Å². The summed E-state index contributed by atoms with van der Waals surface area (Å²) in [7, 11) is 0. The molecule has 0 fully saturated rings. The molecule has 0 radical (unpaired) electrons. The van der Waals surface area contributed by atoms with Gasteiger partial charge in [0.2, 0.25) is 0 Å². The van der Waals surface area contributed by atoms with E-state index in [1.807, 2.05) is 12.1 Å². The van der Waals surface area contributed by atoms with Crippen LogP contribution in [0.5, 0.6) is 0 Å². The van der Waals surface area contributed by atoms with Crippen molar-refractivity contribution in [3.05, 3.63) is 117 Å². The number of aliphatic hydroxyl groups is 4. The lowest BCUT2D eigenvalue weighted by atomic mass is 9.82. The molecule has 0 aromatic heterocycles. The van der Waals surface area contributed by atoms with Gasteiger partial charge in [-0.25, -0.2) is 0 Å². The molecule has 0 atom stereocenters. The Morgan fingerprint density at radius 1 is 0.339 bits per heavy atom. The molecule has 0 spiro atoms. The first-order chi connectivity index (χ1) is 30.4. The minimum absolute atomic E-state index is 0.0149. The van der Waals surface area contributed by atoms with Crippen molar-refractivity contribution in [2.75, 3.05) is 127 Å². The zero-order valence-corrected chi connectivity index (χ0v) is 34.7. The Balaban J connectivity index is 0.000000235. The molecule has 4 aromatic rings. The van der Waals surface area contributed by atoms with Gasteiger partial charge in [-0.05, 0) is 37.1 Å². The lowest BCUT2D eigenvalue weighted by molar-refractivity contribution is 0.0921. The number of hydrogen-bond acceptors (Lipinski definition) is 16. The molecule has 4 aromatic carbocycles. The van der Waals surface area contributed by atoms with E-state index in [0.717, 1.165) is 0 Å². The number of benzene rings is 4. The van der Waals surface area contributed by atoms with E-state index >= 15 is 0 Å². The summed E-state index contributed by atoms with van der Waals surface area (Å²) in [5.41, 5.74) is 5.39. The molecule has 8 N–H and O–H groups in total. The number of carbonyl (C=O) groups excluding carboxylic acids is 4. The topological polar surface area (TPSA) is 234 Å². The minimum Gasteiger partial charge on any atom is -0.394 e. The van der Waals surface area contributed by atoms with Gasteiger partial charge in [-0.1, -0.05) is 48.5 Å². The van der Waals surface area contributed by atoms with Gasteiger partial charge in [0, 0.05) is 84.4 Å². The fourth-order valence-electron chi connectivity index (χ4n) is 7.01. The molecule has 0 bridgehead atoms. The van der Waals surface area contributed by atoms with E-state index in [1.54, 1.807) is 60.7 Å². The van der Waals surface area contributed by atoms with Gasteiger partial charge < -0.3 is 60.6 Å². The molecule has 0 aliphatic heterocycles. The van der Waals surface area contributed by atoms with Crippen molar-refractivity contribution in [3.63, 3.8) is 0 Å². The predicted molar refractivity (Wildman–Crippen MR) is 234 cm³/mol. The molecule has 0 heterocycles. The van der Waals surface area contributed by atoms with E-state index in [1.165, 1.54) is 0 Å². The molecule has 2 aliphatic rings. The van der Waals surface area contributed by atoms with E-state index in [0.29, 0.717) is 146 Å². The third kappa shape index (κ3) is 12.3. The monoisotopic (exact) mass is 856 g/mol. The van der Waals surface area contributed by atoms with E-state index in [-0.39, 0.29) is 62.8 Å². The number of rotatable bonds is 26. The molecule has 16 nitrogen and oxygen atoms in total. The largest absolute Gasteiger partial charge is 0.394 e. The average molecular weight is 857 g/mol. The highest BCUT2D eigenvalue weighted by molar-refractivity contribution is 6.33. The minimum atomic E-state index is -0.209. The highest BCUT2D eigenvalue weighted by Gasteiger charge is 2.35. The van der Waals surface area contributed by atoms with E-state index in [4.69, 9.17) is 39.4 Å². The maximum atomic E-state index is 13.3. The summed E-state index contributed by atoms with van der Waals surface area (Å²) in [6.07, 6.45) is 1.39. The number of carbonyl (C=O) groups is 4. The third-order valence-corrected chi connectivity index (χ3v) is 9.78. The van der Waals surface area contributed by atoms with Crippen molar-refractivity contribution >= 4 is 45.9 Å². The van der Waals surface area contributed by atoms with Gasteiger partial charge in [0.15, 0.2) is 23.1 Å². The van der Waals surface area contributed by atoms with Crippen molar-refractivity contribution in [1.29, 1.82) is 0 Å². The summed E-state index contributed by atoms with van der Waals surface area (Å²) < 4.78 is 21.0. The van der Waals surface area contributed by atoms with Crippen molar-refractivity contribution in [2.24, 2.45) is 0 Å². The second-order valence-electron chi connectivity index (χ2n) is 14.0. The van der Waals surface area contributed by atoms with Crippen molar-refractivity contribution in [1.82, 2.24) is 0 Å². The number of ether oxygens (including phenoxy) is 4. The standard InChI is InChI=1S/C24H30N2O6.C22H26N2O6/c27-11-15-31-13-3-9-25-19-7-8-20(26-10-4-14-32-16-12-28)22-21(19)23(29)17-5-1-2-6-18(17)24(22)30;25-9-13-29-11-7-23-17-5-6-18(24-8-12-30-14-10-26)20-19(17)21(27)15-3-1-2-4-16(15)22(20)28/h1-2,5-8,25-28H,3-4,9-16H2;1-6,23-26H,7-14H2. The van der Waals surface area contributed by atoms with Gasteiger partial charge in [-0.3, -0.25) is 19.2 Å². The fourth-order valence-corrected chi connectivity index (χ4v) is 7.01. The lowest BCUT2D eigenvalue weighted by Crippen LogP contribution is -2.25. The summed E-state index contributed by atoms with van der Waals surface area (Å²) in [5, 5.41) is 48.0. The first-order valence-corrected chi connectivity index (χ1v) is 20.8. The van der Waals surface area contributed by atoms with Crippen LogP contribution in [0.25, 0.3) is 0 Å². The van der Waals surface area contributed by atoms with Crippen LogP contribution in [0.4, 0.5) is 22.7 Å². The maximum absolute atomic E-state index is 13.3. The van der Waals surface area contributed by atoms with Crippen LogP contribution in [0.3, 0.4) is 0 Å². The first kappa shape index (κ1) is 47.5. The molecule has 2 aliphatic carbocycles. The molecular weight excluding hydrogens is 801 g/mol. The lowest BCUT2D eigenvalue weighted by Gasteiger charge is -2.24. The molecule has 332 valence electrons. The molecule has 16 heteroatoms. The van der Waals surface area contributed by atoms with Gasteiger partial charge in [-0.2, -0.15) is 0 Å². The van der Waals surface area contributed by atoms with Crippen LogP contribution >= 0.6 is 0 Å². The van der Waals surface area contributed by atoms with E-state index in [2.05, 4.69) is 21.3 Å². The molecule has 0 saturated carbocycles. The Labute approximate surface area is 360 Å². The van der Waals surface area contributed by atoms with Crippen molar-refractivity contribution in [2.45, 2.75) is 12.8 Å². The molecule has 62 heavy (non-hydrogen) atoms. The smallest absolute Gasteiger partial charge is 0.196 e. The first-order valence-electron chi connectivity index (χ1n) is 20.8. The zero-order chi connectivity index (χ0) is 44.1. The molecular formula is C46H56N4O12. The average Bonchev–Trinajstić information content (AvgIpc) is 3.30.